The molecule has 0 radical (unpaired) electrons. The number of thioether (sulfide) groups is 1. The van der Waals surface area contributed by atoms with E-state index in [2.05, 4.69) is 55.0 Å². The summed E-state index contributed by atoms with van der Waals surface area (Å²) in [5.41, 5.74) is 2.47. The first-order chi connectivity index (χ1) is 18.5. The third-order valence-electron chi connectivity index (χ3n) is 6.28. The Balaban J connectivity index is 1.21. The number of esters is 1. The van der Waals surface area contributed by atoms with Crippen LogP contribution in [0, 0.1) is 0 Å². The van der Waals surface area contributed by atoms with E-state index in [0.717, 1.165) is 43.5 Å². The van der Waals surface area contributed by atoms with Crippen LogP contribution >= 0.6 is 27.7 Å². The van der Waals surface area contributed by atoms with Crippen molar-refractivity contribution in [3.8, 4) is 11.5 Å². The summed E-state index contributed by atoms with van der Waals surface area (Å²) in [6, 6.07) is 22.7. The van der Waals surface area contributed by atoms with Crippen LogP contribution in [0.5, 0.6) is 11.5 Å². The zero-order valence-corrected chi connectivity index (χ0v) is 23.2. The van der Waals surface area contributed by atoms with Crippen molar-refractivity contribution in [3.05, 3.63) is 98.9 Å². The molecule has 1 amide bonds. The first-order valence-corrected chi connectivity index (χ1v) is 13.8. The van der Waals surface area contributed by atoms with E-state index in [0.29, 0.717) is 26.4 Å². The highest BCUT2D eigenvalue weighted by Crippen LogP contribution is 2.34. The predicted molar refractivity (Wildman–Crippen MR) is 153 cm³/mol. The standard InChI is InChI=1S/C29H26BrN3O4S/c1-36-25-17-21(11-12-24(25)37-28(35)22-9-5-6-10-23(22)30)18-26-27(34)31-29(38-26)33-15-13-32(14-16-33)19-20-7-3-2-4-8-20/h2-12,17-18H,13-16,19H2,1H3/b26-18-. The molecule has 0 atom stereocenters. The quantitative estimate of drug-likeness (QED) is 0.214. The molecule has 1 saturated heterocycles. The van der Waals surface area contributed by atoms with E-state index in [9.17, 15) is 9.59 Å². The molecular formula is C29H26BrN3O4S. The van der Waals surface area contributed by atoms with Crippen LogP contribution < -0.4 is 9.47 Å². The average molecular weight is 593 g/mol. The number of amidine groups is 1. The summed E-state index contributed by atoms with van der Waals surface area (Å²) in [7, 11) is 1.51. The Kier molecular flexibility index (Phi) is 8.26. The summed E-state index contributed by atoms with van der Waals surface area (Å²) < 4.78 is 11.7. The van der Waals surface area contributed by atoms with Crippen LogP contribution in [0.1, 0.15) is 21.5 Å². The molecule has 7 nitrogen and oxygen atoms in total. The number of rotatable bonds is 6. The maximum absolute atomic E-state index is 12.7. The second kappa shape index (κ2) is 12.0. The molecule has 38 heavy (non-hydrogen) atoms. The molecular weight excluding hydrogens is 566 g/mol. The number of hydrogen-bond acceptors (Lipinski definition) is 7. The number of methoxy groups -OCH3 is 1. The van der Waals surface area contributed by atoms with Gasteiger partial charge in [0.15, 0.2) is 16.7 Å². The van der Waals surface area contributed by atoms with E-state index in [1.54, 1.807) is 42.5 Å². The third kappa shape index (κ3) is 6.18. The number of aliphatic imine (C=N–C) groups is 1. The van der Waals surface area contributed by atoms with Crippen LogP contribution in [0.15, 0.2) is 87.2 Å². The van der Waals surface area contributed by atoms with E-state index in [1.165, 1.54) is 24.4 Å². The summed E-state index contributed by atoms with van der Waals surface area (Å²) in [6.45, 7) is 4.40. The fraction of sp³-hybridized carbons (Fsp3) is 0.207. The highest BCUT2D eigenvalue weighted by atomic mass is 79.9. The Morgan fingerprint density at radius 3 is 2.47 bits per heavy atom. The molecule has 1 fully saturated rings. The maximum Gasteiger partial charge on any atom is 0.344 e. The van der Waals surface area contributed by atoms with Gasteiger partial charge in [0.05, 0.1) is 17.6 Å². The molecule has 0 spiro atoms. The van der Waals surface area contributed by atoms with Gasteiger partial charge in [-0.25, -0.2) is 4.79 Å². The first-order valence-electron chi connectivity index (χ1n) is 12.2. The van der Waals surface area contributed by atoms with Crippen molar-refractivity contribution in [1.29, 1.82) is 0 Å². The summed E-state index contributed by atoms with van der Waals surface area (Å²) in [5.74, 6) is -0.0533. The molecule has 0 aromatic heterocycles. The summed E-state index contributed by atoms with van der Waals surface area (Å²) in [6.07, 6.45) is 1.79. The molecule has 0 unspecified atom stereocenters. The van der Waals surface area contributed by atoms with Gasteiger partial charge in [-0.1, -0.05) is 48.5 Å². The van der Waals surface area contributed by atoms with Crippen LogP contribution in [0.3, 0.4) is 0 Å². The second-order valence-corrected chi connectivity index (χ2v) is 10.7. The zero-order chi connectivity index (χ0) is 26.5. The number of benzene rings is 3. The highest BCUT2D eigenvalue weighted by molar-refractivity contribution is 9.10. The lowest BCUT2D eigenvalue weighted by Crippen LogP contribution is -2.47. The van der Waals surface area contributed by atoms with Gasteiger partial charge in [-0.15, -0.1) is 0 Å². The lowest BCUT2D eigenvalue weighted by atomic mass is 10.2. The minimum atomic E-state index is -0.495. The number of ether oxygens (including phenoxy) is 2. The minimum absolute atomic E-state index is 0.250. The fourth-order valence-electron chi connectivity index (χ4n) is 4.26. The van der Waals surface area contributed by atoms with Gasteiger partial charge in [0.2, 0.25) is 0 Å². The third-order valence-corrected chi connectivity index (χ3v) is 8.02. The van der Waals surface area contributed by atoms with Gasteiger partial charge in [-0.05, 0) is 69.2 Å². The molecule has 9 heteroatoms. The van der Waals surface area contributed by atoms with Gasteiger partial charge in [-0.3, -0.25) is 9.69 Å². The lowest BCUT2D eigenvalue weighted by Gasteiger charge is -2.35. The van der Waals surface area contributed by atoms with Crippen molar-refractivity contribution in [2.24, 2.45) is 4.99 Å². The Morgan fingerprint density at radius 2 is 1.74 bits per heavy atom. The number of nitrogens with zero attached hydrogens (tertiary/aromatic N) is 3. The molecule has 2 heterocycles. The Bertz CT molecular complexity index is 1400. The van der Waals surface area contributed by atoms with Crippen molar-refractivity contribution < 1.29 is 19.1 Å². The van der Waals surface area contributed by atoms with E-state index >= 15 is 0 Å². The number of halogens is 1. The van der Waals surface area contributed by atoms with E-state index in [4.69, 9.17) is 9.47 Å². The van der Waals surface area contributed by atoms with Gasteiger partial charge >= 0.3 is 5.97 Å². The van der Waals surface area contributed by atoms with E-state index in [-0.39, 0.29) is 5.91 Å². The summed E-state index contributed by atoms with van der Waals surface area (Å²) in [4.78, 5) is 34.7. The van der Waals surface area contributed by atoms with Crippen LogP contribution in [0.25, 0.3) is 6.08 Å². The van der Waals surface area contributed by atoms with Crippen LogP contribution in [0.4, 0.5) is 0 Å². The van der Waals surface area contributed by atoms with Crippen molar-refractivity contribution >= 4 is 50.8 Å². The molecule has 194 valence electrons. The maximum atomic E-state index is 12.7. The largest absolute Gasteiger partial charge is 0.493 e. The van der Waals surface area contributed by atoms with Crippen molar-refractivity contribution in [3.63, 3.8) is 0 Å². The second-order valence-electron chi connectivity index (χ2n) is 8.84. The Labute approximate surface area is 234 Å². The van der Waals surface area contributed by atoms with Crippen molar-refractivity contribution in [1.82, 2.24) is 9.80 Å². The van der Waals surface area contributed by atoms with Gasteiger partial charge in [0.25, 0.3) is 5.91 Å². The fourth-order valence-corrected chi connectivity index (χ4v) is 5.67. The molecule has 3 aromatic rings. The molecule has 2 aliphatic rings. The topological polar surface area (TPSA) is 71.4 Å². The molecule has 0 N–H and O–H groups in total. The van der Waals surface area contributed by atoms with E-state index < -0.39 is 5.97 Å². The summed E-state index contributed by atoms with van der Waals surface area (Å²) >= 11 is 4.76. The Hall–Kier alpha value is -3.40. The summed E-state index contributed by atoms with van der Waals surface area (Å²) in [5, 5.41) is 0.742. The number of hydrogen-bond donors (Lipinski definition) is 0. The van der Waals surface area contributed by atoms with E-state index in [1.807, 2.05) is 12.1 Å². The van der Waals surface area contributed by atoms with Crippen LogP contribution in [-0.4, -0.2) is 60.1 Å². The van der Waals surface area contributed by atoms with Gasteiger partial charge in [0, 0.05) is 37.2 Å². The van der Waals surface area contributed by atoms with Crippen molar-refractivity contribution in [2.45, 2.75) is 6.54 Å². The van der Waals surface area contributed by atoms with Crippen LogP contribution in [-0.2, 0) is 11.3 Å². The highest BCUT2D eigenvalue weighted by Gasteiger charge is 2.28. The SMILES string of the molecule is COc1cc(/C=C2\SC(N3CCN(Cc4ccccc4)CC3)=NC2=O)ccc1OC(=O)c1ccccc1Br. The van der Waals surface area contributed by atoms with Gasteiger partial charge in [-0.2, -0.15) is 4.99 Å². The number of carbonyl (C=O) groups excluding carboxylic acids is 2. The number of piperazine rings is 1. The number of amides is 1. The zero-order valence-electron chi connectivity index (χ0n) is 20.8. The monoisotopic (exact) mass is 591 g/mol. The molecule has 2 aliphatic heterocycles. The molecule has 0 saturated carbocycles. The molecule has 3 aromatic carbocycles. The first kappa shape index (κ1) is 26.2. The molecule has 5 rings (SSSR count). The van der Waals surface area contributed by atoms with Crippen molar-refractivity contribution in [2.75, 3.05) is 33.3 Å². The minimum Gasteiger partial charge on any atom is -0.493 e. The lowest BCUT2D eigenvalue weighted by molar-refractivity contribution is -0.113. The number of carbonyl (C=O) groups is 2. The molecule has 0 bridgehead atoms. The van der Waals surface area contributed by atoms with Gasteiger partial charge in [0.1, 0.15) is 0 Å². The van der Waals surface area contributed by atoms with Gasteiger partial charge < -0.3 is 14.4 Å². The molecule has 0 aliphatic carbocycles. The predicted octanol–water partition coefficient (Wildman–Crippen LogP) is 5.47. The average Bonchev–Trinajstić information content (AvgIpc) is 3.30. The Morgan fingerprint density at radius 1 is 1.00 bits per heavy atom. The normalized spacial score (nSPS) is 17.0. The van der Waals surface area contributed by atoms with Crippen LogP contribution in [0.2, 0.25) is 0 Å². The smallest absolute Gasteiger partial charge is 0.344 e.